The third-order valence-corrected chi connectivity index (χ3v) is 5.21. The van der Waals surface area contributed by atoms with Crippen molar-refractivity contribution >= 4 is 49.4 Å². The van der Waals surface area contributed by atoms with E-state index in [9.17, 15) is 16.8 Å². The van der Waals surface area contributed by atoms with Gasteiger partial charge in [-0.1, -0.05) is 0 Å². The van der Waals surface area contributed by atoms with E-state index in [1.54, 1.807) is 7.05 Å². The monoisotopic (exact) mass is 423 g/mol. The Bertz CT molecular complexity index is 982. The summed E-state index contributed by atoms with van der Waals surface area (Å²) in [7, 11) is -6.87. The highest BCUT2D eigenvalue weighted by Crippen LogP contribution is 2.19. The predicted octanol–water partition coefficient (Wildman–Crippen LogP) is 0.903. The predicted molar refractivity (Wildman–Crippen MR) is 93.7 cm³/mol. The van der Waals surface area contributed by atoms with E-state index in [4.69, 9.17) is 16.2 Å². The maximum Gasteiger partial charge on any atom is 0.397 e. The van der Waals surface area contributed by atoms with Crippen LogP contribution in [-0.4, -0.2) is 55.7 Å². The van der Waals surface area contributed by atoms with E-state index in [-0.39, 0.29) is 22.1 Å². The third-order valence-electron chi connectivity index (χ3n) is 2.89. The van der Waals surface area contributed by atoms with Crippen LogP contribution >= 0.6 is 11.6 Å². The molecule has 14 heteroatoms. The Morgan fingerprint density at radius 3 is 2.27 bits per heavy atom. The van der Waals surface area contributed by atoms with Crippen molar-refractivity contribution < 1.29 is 25.6 Å². The number of hydrogen-bond donors (Lipinski definition) is 3. The van der Waals surface area contributed by atoms with E-state index >= 15 is 0 Å². The molecular weight excluding hydrogens is 410 g/mol. The second-order valence-electron chi connectivity index (χ2n) is 4.72. The van der Waals surface area contributed by atoms with Crippen LogP contribution in [0.3, 0.4) is 0 Å². The number of rotatable bonds is 8. The second kappa shape index (κ2) is 8.09. The van der Waals surface area contributed by atoms with Crippen molar-refractivity contribution in [1.29, 1.82) is 0 Å². The highest BCUT2D eigenvalue weighted by Gasteiger charge is 2.16. The van der Waals surface area contributed by atoms with Crippen molar-refractivity contribution in [2.45, 2.75) is 4.90 Å². The molecule has 0 unspecified atom stereocenters. The number of nitrogens with zero attached hydrogens (tertiary/aromatic N) is 3. The first kappa shape index (κ1) is 20.3. The van der Waals surface area contributed by atoms with Crippen LogP contribution in [0.4, 0.5) is 17.6 Å². The third kappa shape index (κ3) is 6.03. The molecular formula is C12H14ClN5O6S2. The minimum atomic E-state index is -4.69. The van der Waals surface area contributed by atoms with Gasteiger partial charge in [0.15, 0.2) is 9.84 Å². The summed E-state index contributed by atoms with van der Waals surface area (Å²) in [5.74, 6) is -0.203. The summed E-state index contributed by atoms with van der Waals surface area (Å²) < 4.78 is 57.5. The van der Waals surface area contributed by atoms with Crippen LogP contribution in [0.5, 0.6) is 0 Å². The van der Waals surface area contributed by atoms with Crippen molar-refractivity contribution in [3.8, 4) is 0 Å². The standard InChI is InChI=1S/C12H14ClN5O6S2/c1-14-11-16-10(13)17-12(18-11)15-8-2-4-9(5-3-8)25(19,20)7-6-24-26(21,22)23/h2-5H,6-7H2,1H3,(H,21,22,23)(H2,14,15,16,17,18). The Morgan fingerprint density at radius 1 is 1.08 bits per heavy atom. The van der Waals surface area contributed by atoms with Gasteiger partial charge in [0, 0.05) is 12.7 Å². The molecule has 1 heterocycles. The van der Waals surface area contributed by atoms with Crippen LogP contribution in [0.1, 0.15) is 0 Å². The molecule has 0 bridgehead atoms. The van der Waals surface area contributed by atoms with Gasteiger partial charge in [0.1, 0.15) is 0 Å². The maximum atomic E-state index is 12.1. The van der Waals surface area contributed by atoms with Gasteiger partial charge in [0.05, 0.1) is 17.3 Å². The molecule has 0 fully saturated rings. The Morgan fingerprint density at radius 2 is 1.69 bits per heavy atom. The van der Waals surface area contributed by atoms with Crippen molar-refractivity contribution in [2.24, 2.45) is 0 Å². The van der Waals surface area contributed by atoms with Gasteiger partial charge in [-0.15, -0.1) is 0 Å². The molecule has 0 atom stereocenters. The van der Waals surface area contributed by atoms with E-state index in [0.717, 1.165) is 0 Å². The molecule has 0 aliphatic heterocycles. The summed E-state index contributed by atoms with van der Waals surface area (Å²) in [6.45, 7) is -0.697. The molecule has 11 nitrogen and oxygen atoms in total. The summed E-state index contributed by atoms with van der Waals surface area (Å²) in [6, 6.07) is 5.56. The minimum absolute atomic E-state index is 0.0233. The fraction of sp³-hybridized carbons (Fsp3) is 0.250. The van der Waals surface area contributed by atoms with Gasteiger partial charge in [-0.05, 0) is 35.9 Å². The Balaban J connectivity index is 2.09. The number of halogens is 1. The van der Waals surface area contributed by atoms with Crippen LogP contribution in [0.25, 0.3) is 0 Å². The van der Waals surface area contributed by atoms with Gasteiger partial charge in [-0.2, -0.15) is 23.4 Å². The molecule has 2 aromatic rings. The zero-order chi connectivity index (χ0) is 19.4. The Labute approximate surface area is 154 Å². The molecule has 2 rings (SSSR count). The number of hydrogen-bond acceptors (Lipinski definition) is 10. The second-order valence-corrected chi connectivity index (χ2v) is 8.26. The molecule has 142 valence electrons. The van der Waals surface area contributed by atoms with Gasteiger partial charge >= 0.3 is 10.4 Å². The Kier molecular flexibility index (Phi) is 6.30. The number of sulfone groups is 1. The van der Waals surface area contributed by atoms with Crippen LogP contribution in [0, 0.1) is 0 Å². The fourth-order valence-electron chi connectivity index (χ4n) is 1.76. The van der Waals surface area contributed by atoms with E-state index in [1.165, 1.54) is 24.3 Å². The largest absolute Gasteiger partial charge is 0.397 e. The summed E-state index contributed by atoms with van der Waals surface area (Å²) in [5.41, 5.74) is 0.488. The normalized spacial score (nSPS) is 12.0. The molecule has 1 aromatic carbocycles. The average Bonchev–Trinajstić information content (AvgIpc) is 2.53. The zero-order valence-electron chi connectivity index (χ0n) is 13.2. The molecule has 0 saturated heterocycles. The van der Waals surface area contributed by atoms with Crippen LogP contribution < -0.4 is 10.6 Å². The number of anilines is 3. The van der Waals surface area contributed by atoms with Crippen LogP contribution in [-0.2, 0) is 24.4 Å². The SMILES string of the molecule is CNc1nc(Cl)nc(Nc2ccc(S(=O)(=O)CCOS(=O)(=O)O)cc2)n1. The van der Waals surface area contributed by atoms with Gasteiger partial charge in [-0.3, -0.25) is 4.55 Å². The van der Waals surface area contributed by atoms with Gasteiger partial charge in [0.2, 0.25) is 17.2 Å². The number of nitrogens with one attached hydrogen (secondary N) is 2. The van der Waals surface area contributed by atoms with Gasteiger partial charge < -0.3 is 10.6 Å². The number of benzene rings is 1. The van der Waals surface area contributed by atoms with Crippen LogP contribution in [0.2, 0.25) is 5.28 Å². The maximum absolute atomic E-state index is 12.1. The van der Waals surface area contributed by atoms with E-state index < -0.39 is 32.6 Å². The average molecular weight is 424 g/mol. The zero-order valence-corrected chi connectivity index (χ0v) is 15.6. The summed E-state index contributed by atoms with van der Waals surface area (Å²) in [4.78, 5) is 11.7. The highest BCUT2D eigenvalue weighted by atomic mass is 35.5. The first-order valence-corrected chi connectivity index (χ1v) is 10.3. The highest BCUT2D eigenvalue weighted by molar-refractivity contribution is 7.91. The molecule has 0 aliphatic rings. The van der Waals surface area contributed by atoms with Crippen LogP contribution in [0.15, 0.2) is 29.2 Å². The summed E-state index contributed by atoms with van der Waals surface area (Å²) >= 11 is 5.77. The van der Waals surface area contributed by atoms with Crippen molar-refractivity contribution in [1.82, 2.24) is 15.0 Å². The summed E-state index contributed by atoms with van der Waals surface area (Å²) in [6.07, 6.45) is 0. The molecule has 1 aromatic heterocycles. The molecule has 0 aliphatic carbocycles. The van der Waals surface area contributed by atoms with Gasteiger partial charge in [0.25, 0.3) is 0 Å². The lowest BCUT2D eigenvalue weighted by Gasteiger charge is -2.08. The lowest BCUT2D eigenvalue weighted by molar-refractivity contribution is 0.284. The van der Waals surface area contributed by atoms with Crippen molar-refractivity contribution in [3.63, 3.8) is 0 Å². The number of aromatic nitrogens is 3. The molecule has 0 saturated carbocycles. The first-order chi connectivity index (χ1) is 12.1. The van der Waals surface area contributed by atoms with Crippen molar-refractivity contribution in [2.75, 3.05) is 30.0 Å². The lowest BCUT2D eigenvalue weighted by Crippen LogP contribution is -2.15. The van der Waals surface area contributed by atoms with Gasteiger partial charge in [-0.25, -0.2) is 12.6 Å². The quantitative estimate of drug-likeness (QED) is 0.517. The van der Waals surface area contributed by atoms with E-state index in [0.29, 0.717) is 5.69 Å². The van der Waals surface area contributed by atoms with E-state index in [2.05, 4.69) is 29.8 Å². The molecule has 26 heavy (non-hydrogen) atoms. The minimum Gasteiger partial charge on any atom is -0.357 e. The molecule has 0 spiro atoms. The summed E-state index contributed by atoms with van der Waals surface area (Å²) in [5, 5.41) is 5.53. The smallest absolute Gasteiger partial charge is 0.357 e. The topological polar surface area (TPSA) is 160 Å². The lowest BCUT2D eigenvalue weighted by atomic mass is 10.3. The molecule has 0 radical (unpaired) electrons. The Hall–Kier alpha value is -2.06. The fourth-order valence-corrected chi connectivity index (χ4v) is 3.41. The van der Waals surface area contributed by atoms with Crippen molar-refractivity contribution in [3.05, 3.63) is 29.5 Å². The molecule has 3 N–H and O–H groups in total. The molecule has 0 amide bonds. The first-order valence-electron chi connectivity index (χ1n) is 6.90. The van der Waals surface area contributed by atoms with E-state index in [1.807, 2.05) is 0 Å².